The summed E-state index contributed by atoms with van der Waals surface area (Å²) in [5.74, 6) is 0. The molecule has 0 aliphatic rings. The number of methoxy groups -OCH3 is 1. The zero-order valence-corrected chi connectivity index (χ0v) is 17.0. The number of likely N-dealkylation sites (N-methyl/N-ethyl adjacent to an activating group) is 1. The van der Waals surface area contributed by atoms with Gasteiger partial charge in [-0.1, -0.05) is 0 Å². The first-order valence-electron chi connectivity index (χ1n) is 8.56. The van der Waals surface area contributed by atoms with E-state index in [-0.39, 0.29) is 19.8 Å². The molecule has 0 amide bonds. The molecule has 0 radical (unpaired) electrons. The number of rotatable bonds is 20. The van der Waals surface area contributed by atoms with Crippen LogP contribution in [0.1, 0.15) is 0 Å². The van der Waals surface area contributed by atoms with Crippen LogP contribution in [0.5, 0.6) is 0 Å². The van der Waals surface area contributed by atoms with Crippen LogP contribution >= 0.6 is 8.17 Å². The van der Waals surface area contributed by atoms with E-state index in [1.807, 2.05) is 19.0 Å². The Bertz CT molecular complexity index is 298. The first kappa shape index (κ1) is 26.0. The summed E-state index contributed by atoms with van der Waals surface area (Å²) >= 11 is 0. The maximum atomic E-state index is 9.53. The molecule has 26 heavy (non-hydrogen) atoms. The number of hydrogen-bond donors (Lipinski definition) is 2. The summed E-state index contributed by atoms with van der Waals surface area (Å²) < 4.78 is 35.8. The van der Waals surface area contributed by atoms with Gasteiger partial charge in [0.25, 0.3) is 0 Å². The second kappa shape index (κ2) is 18.4. The maximum absolute atomic E-state index is 9.53. The van der Waals surface area contributed by atoms with E-state index in [2.05, 4.69) is 0 Å². The summed E-state index contributed by atoms with van der Waals surface area (Å²) in [5, 5.41) is 0. The Morgan fingerprint density at radius 3 is 1.42 bits per heavy atom. The van der Waals surface area contributed by atoms with Crippen LogP contribution in [-0.4, -0.2) is 115 Å². The van der Waals surface area contributed by atoms with Crippen LogP contribution in [-0.2, 0) is 32.7 Å². The van der Waals surface area contributed by atoms with E-state index >= 15 is 0 Å². The molecule has 158 valence electrons. The van der Waals surface area contributed by atoms with Gasteiger partial charge in [-0.05, 0) is 14.1 Å². The normalized spacial score (nSPS) is 12.2. The van der Waals surface area contributed by atoms with Crippen LogP contribution in [0.25, 0.3) is 0 Å². The molecule has 0 saturated heterocycles. The maximum Gasteiger partial charge on any atom is 0.570 e. The smallest absolute Gasteiger partial charge is 0.382 e. The van der Waals surface area contributed by atoms with Crippen molar-refractivity contribution in [3.05, 3.63) is 0 Å². The van der Waals surface area contributed by atoms with Crippen molar-refractivity contribution in [2.75, 3.05) is 100 Å². The second-order valence-corrected chi connectivity index (χ2v) is 6.90. The predicted octanol–water partition coefficient (Wildman–Crippen LogP) is -0.0438. The first-order valence-corrected chi connectivity index (χ1v) is 10.1. The molecule has 0 aliphatic heterocycles. The van der Waals surface area contributed by atoms with Gasteiger partial charge in [0.15, 0.2) is 0 Å². The van der Waals surface area contributed by atoms with Gasteiger partial charge < -0.3 is 28.6 Å². The molecule has 0 rings (SSSR count). The Labute approximate surface area is 156 Å². The highest BCUT2D eigenvalue weighted by Gasteiger charge is 2.39. The molecular weight excluding hydrogens is 369 g/mol. The molecule has 0 saturated carbocycles. The molecule has 0 aromatic heterocycles. The summed E-state index contributed by atoms with van der Waals surface area (Å²) in [5.41, 5.74) is 0. The molecular formula is C15H35NO9P+. The predicted molar refractivity (Wildman–Crippen MR) is 97.0 cm³/mol. The Kier molecular flexibility index (Phi) is 18.4. The molecule has 10 nitrogen and oxygen atoms in total. The lowest BCUT2D eigenvalue weighted by Crippen LogP contribution is -2.19. The Balaban J connectivity index is 3.23. The van der Waals surface area contributed by atoms with Crippen molar-refractivity contribution >= 4 is 8.17 Å². The molecule has 0 atom stereocenters. The Morgan fingerprint density at radius 1 is 0.615 bits per heavy atom. The minimum absolute atomic E-state index is 0.0366. The van der Waals surface area contributed by atoms with Gasteiger partial charge in [-0.2, -0.15) is 18.8 Å². The molecule has 0 heterocycles. The van der Waals surface area contributed by atoms with E-state index in [1.165, 1.54) is 0 Å². The van der Waals surface area contributed by atoms with E-state index in [0.29, 0.717) is 59.4 Å². The minimum Gasteiger partial charge on any atom is -0.382 e. The third-order valence-corrected chi connectivity index (χ3v) is 3.87. The summed E-state index contributed by atoms with van der Waals surface area (Å²) in [6.45, 7) is 4.98. The molecule has 0 aromatic rings. The molecule has 0 aromatic carbocycles. The van der Waals surface area contributed by atoms with Crippen molar-refractivity contribution in [2.45, 2.75) is 0 Å². The van der Waals surface area contributed by atoms with Crippen molar-refractivity contribution < 1.29 is 42.5 Å². The average Bonchev–Trinajstić information content (AvgIpc) is 2.57. The SMILES string of the molecule is COCCOCCOCCOCCOCCO[P+](O)(O)OCCN(C)C. The van der Waals surface area contributed by atoms with Crippen molar-refractivity contribution in [2.24, 2.45) is 0 Å². The van der Waals surface area contributed by atoms with Gasteiger partial charge in [0.2, 0.25) is 0 Å². The molecule has 0 bridgehead atoms. The van der Waals surface area contributed by atoms with Gasteiger partial charge in [-0.3, -0.25) is 0 Å². The van der Waals surface area contributed by atoms with Crippen molar-refractivity contribution in [3.63, 3.8) is 0 Å². The first-order chi connectivity index (χ1) is 12.5. The average molecular weight is 404 g/mol. The molecule has 0 spiro atoms. The molecule has 0 fully saturated rings. The fourth-order valence-electron chi connectivity index (χ4n) is 1.50. The number of hydrogen-bond acceptors (Lipinski definition) is 10. The lowest BCUT2D eigenvalue weighted by Gasteiger charge is -2.12. The van der Waals surface area contributed by atoms with E-state index in [4.69, 9.17) is 32.7 Å². The molecule has 0 unspecified atom stereocenters. The standard InChI is InChI=1S/C15H35NO9P/c1-16(2)4-5-24-26(17,18)25-15-14-23-13-12-22-11-10-21-9-8-20-7-6-19-3/h17-18H,4-15H2,1-3H3/q+1. The minimum atomic E-state index is -3.76. The lowest BCUT2D eigenvalue weighted by molar-refractivity contribution is -0.0115. The summed E-state index contributed by atoms with van der Waals surface area (Å²) in [4.78, 5) is 20.9. The van der Waals surface area contributed by atoms with Crippen LogP contribution in [0.3, 0.4) is 0 Å². The van der Waals surface area contributed by atoms with E-state index < -0.39 is 8.17 Å². The molecule has 2 N–H and O–H groups in total. The second-order valence-electron chi connectivity index (χ2n) is 5.40. The fourth-order valence-corrected chi connectivity index (χ4v) is 2.21. The van der Waals surface area contributed by atoms with Gasteiger partial charge >= 0.3 is 8.17 Å². The van der Waals surface area contributed by atoms with Crippen molar-refractivity contribution in [1.82, 2.24) is 4.90 Å². The van der Waals surface area contributed by atoms with Crippen LogP contribution in [0.2, 0.25) is 0 Å². The van der Waals surface area contributed by atoms with Gasteiger partial charge in [0.1, 0.15) is 13.2 Å². The van der Waals surface area contributed by atoms with E-state index in [9.17, 15) is 9.79 Å². The summed E-state index contributed by atoms with van der Waals surface area (Å²) in [6.07, 6.45) is 0. The zero-order valence-electron chi connectivity index (χ0n) is 16.1. The highest BCUT2D eigenvalue weighted by Crippen LogP contribution is 2.51. The van der Waals surface area contributed by atoms with Crippen LogP contribution < -0.4 is 0 Å². The van der Waals surface area contributed by atoms with Crippen molar-refractivity contribution in [3.8, 4) is 0 Å². The third-order valence-electron chi connectivity index (χ3n) is 2.83. The van der Waals surface area contributed by atoms with Crippen LogP contribution in [0.4, 0.5) is 0 Å². The highest BCUT2D eigenvalue weighted by molar-refractivity contribution is 7.54. The van der Waals surface area contributed by atoms with Gasteiger partial charge in [-0.25, -0.2) is 0 Å². The largest absolute Gasteiger partial charge is 0.570 e. The monoisotopic (exact) mass is 404 g/mol. The van der Waals surface area contributed by atoms with Crippen molar-refractivity contribution in [1.29, 1.82) is 0 Å². The van der Waals surface area contributed by atoms with Gasteiger partial charge in [0.05, 0.1) is 59.5 Å². The van der Waals surface area contributed by atoms with Crippen LogP contribution in [0, 0.1) is 0 Å². The topological polar surface area (TPSA) is 108 Å². The zero-order chi connectivity index (χ0) is 19.5. The highest BCUT2D eigenvalue weighted by atomic mass is 31.2. The van der Waals surface area contributed by atoms with Gasteiger partial charge in [-0.15, -0.1) is 0 Å². The quantitative estimate of drug-likeness (QED) is 0.212. The Morgan fingerprint density at radius 2 is 1.00 bits per heavy atom. The molecule has 11 heteroatoms. The Hall–Kier alpha value is 0.0300. The third kappa shape index (κ3) is 20.3. The summed E-state index contributed by atoms with van der Waals surface area (Å²) in [6, 6.07) is 0. The number of nitrogens with zero attached hydrogens (tertiary/aromatic N) is 1. The van der Waals surface area contributed by atoms with E-state index in [1.54, 1.807) is 7.11 Å². The molecule has 0 aliphatic carbocycles. The van der Waals surface area contributed by atoms with E-state index in [0.717, 1.165) is 0 Å². The summed E-state index contributed by atoms with van der Waals surface area (Å²) in [7, 11) is 1.59. The fraction of sp³-hybridized carbons (Fsp3) is 1.00. The van der Waals surface area contributed by atoms with Crippen LogP contribution in [0.15, 0.2) is 0 Å². The lowest BCUT2D eigenvalue weighted by atomic mass is 10.6. The van der Waals surface area contributed by atoms with Gasteiger partial charge in [0, 0.05) is 13.7 Å². The number of ether oxygens (including phenoxy) is 5.